The van der Waals surface area contributed by atoms with Crippen molar-refractivity contribution in [3.05, 3.63) is 94.6 Å². The number of anilines is 5. The number of rotatable bonds is 14. The highest BCUT2D eigenvalue weighted by atomic mass is 35.5. The number of nitrogens with zero attached hydrogens (tertiary/aromatic N) is 6. The molecule has 1 atom stereocenters. The Labute approximate surface area is 375 Å². The number of fused-ring (bicyclic) bond motifs is 1. The summed E-state index contributed by atoms with van der Waals surface area (Å²) >= 11 is 6.51. The first-order valence-electron chi connectivity index (χ1n) is 21.3. The second-order valence-electron chi connectivity index (χ2n) is 16.4. The van der Waals surface area contributed by atoms with E-state index in [1.54, 1.807) is 29.7 Å². The summed E-state index contributed by atoms with van der Waals surface area (Å²) in [6.45, 7) is 8.72. The smallest absolute Gasteiger partial charge is 0.255 e. The Hall–Kier alpha value is -5.12. The summed E-state index contributed by atoms with van der Waals surface area (Å²) in [5, 5.41) is 10.7. The second kappa shape index (κ2) is 19.3. The van der Waals surface area contributed by atoms with E-state index in [2.05, 4.69) is 61.2 Å². The highest BCUT2D eigenvalue weighted by Crippen LogP contribution is 2.36. The number of piperidine rings is 2. The fourth-order valence-corrected chi connectivity index (χ4v) is 11.4. The number of methoxy groups -OCH3 is 1. The molecule has 15 nitrogen and oxygen atoms in total. The molecule has 0 aliphatic carbocycles. The van der Waals surface area contributed by atoms with Gasteiger partial charge in [-0.05, 0) is 79.7 Å². The van der Waals surface area contributed by atoms with E-state index in [1.165, 1.54) is 10.2 Å². The minimum absolute atomic E-state index is 0.00497. The Bertz CT molecular complexity index is 2510. The van der Waals surface area contributed by atoms with Crippen LogP contribution in [0, 0.1) is 0 Å². The summed E-state index contributed by atoms with van der Waals surface area (Å²) in [6, 6.07) is 19.4. The number of aromatic nitrogens is 2. The summed E-state index contributed by atoms with van der Waals surface area (Å²) in [5.41, 5.74) is 4.91. The Morgan fingerprint density at radius 3 is 2.46 bits per heavy atom. The Morgan fingerprint density at radius 2 is 1.71 bits per heavy atom. The zero-order valence-corrected chi connectivity index (χ0v) is 38.2. The van der Waals surface area contributed by atoms with E-state index in [4.69, 9.17) is 16.3 Å². The van der Waals surface area contributed by atoms with Gasteiger partial charge in [-0.25, -0.2) is 13.4 Å². The summed E-state index contributed by atoms with van der Waals surface area (Å²) in [4.78, 5) is 52.7. The van der Waals surface area contributed by atoms with Gasteiger partial charge in [0.1, 0.15) is 16.8 Å². The van der Waals surface area contributed by atoms with E-state index >= 15 is 0 Å². The lowest BCUT2D eigenvalue weighted by atomic mass is 10.0. The fraction of sp³-hybridized carbons (Fsp3) is 0.400. The van der Waals surface area contributed by atoms with Gasteiger partial charge in [0, 0.05) is 81.3 Å². The minimum atomic E-state index is -3.46. The standard InChI is InChI=1S/C45H53ClN9O6PS/c1-61-39-27-32(14-15-36(39)49-45-47-28-35(46)42(51-45)48-37-12-4-5-13-40(37)62(2)3)52-20-18-31(19-21-52)53-22-24-54(25-23-53)63(59,60)26-7-6-9-30-10-8-11-33-34(30)29-55(44(33)58)38-16-17-41(56)50-43(38)57/h4-6,8-15,27-28,31,38H,7,16-26,29H2,1-3H3,(H,50,56,57)(H2,47,48,49,51). The monoisotopic (exact) mass is 913 g/mol. The van der Waals surface area contributed by atoms with Crippen LogP contribution in [0.25, 0.3) is 6.08 Å². The fourth-order valence-electron chi connectivity index (χ4n) is 8.87. The van der Waals surface area contributed by atoms with Crippen molar-refractivity contribution in [1.82, 2.24) is 29.4 Å². The molecule has 3 saturated heterocycles. The number of carbonyl (C=O) groups is 3. The number of hydrogen-bond donors (Lipinski definition) is 3. The lowest BCUT2D eigenvalue weighted by molar-refractivity contribution is -0.136. The predicted octanol–water partition coefficient (Wildman–Crippen LogP) is 5.77. The molecular weight excluding hydrogens is 861 g/mol. The molecule has 1 unspecified atom stereocenters. The van der Waals surface area contributed by atoms with Crippen LogP contribution in [0.5, 0.6) is 5.75 Å². The molecule has 4 aromatic rings. The molecule has 0 spiro atoms. The number of imide groups is 1. The van der Waals surface area contributed by atoms with Gasteiger partial charge < -0.3 is 25.2 Å². The van der Waals surface area contributed by atoms with E-state index in [-0.39, 0.29) is 38.5 Å². The first-order chi connectivity index (χ1) is 30.4. The molecule has 3 amide bonds. The van der Waals surface area contributed by atoms with Crippen LogP contribution in [0.3, 0.4) is 0 Å². The molecule has 3 aromatic carbocycles. The van der Waals surface area contributed by atoms with Crippen molar-refractivity contribution in [2.75, 3.05) is 81.0 Å². The van der Waals surface area contributed by atoms with E-state index < -0.39 is 22.0 Å². The SMILES string of the molecule is COc1cc(N2CCC(N3CCN(S(=O)(=O)CCC=Cc4cccc5c4CN(C4CCC(=O)NC4=O)C5=O)CC3)CC2)ccc1Nc1ncc(Cl)c(Nc2ccccc2P(C)C)n1. The van der Waals surface area contributed by atoms with Crippen LogP contribution in [-0.2, 0) is 26.2 Å². The van der Waals surface area contributed by atoms with Gasteiger partial charge in [-0.1, -0.05) is 62.0 Å². The maximum Gasteiger partial charge on any atom is 0.255 e. The van der Waals surface area contributed by atoms with Gasteiger partial charge in [-0.3, -0.25) is 24.6 Å². The van der Waals surface area contributed by atoms with Crippen molar-refractivity contribution in [3.63, 3.8) is 0 Å². The number of benzene rings is 3. The van der Waals surface area contributed by atoms with E-state index in [9.17, 15) is 22.8 Å². The quantitative estimate of drug-likeness (QED) is 0.103. The normalized spacial score (nSPS) is 19.2. The maximum atomic E-state index is 13.4. The molecule has 3 fully saturated rings. The van der Waals surface area contributed by atoms with Gasteiger partial charge in [0.05, 0.1) is 24.7 Å². The second-order valence-corrected chi connectivity index (χ2v) is 21.1. The van der Waals surface area contributed by atoms with E-state index in [0.717, 1.165) is 54.1 Å². The average molecular weight is 914 g/mol. The lowest BCUT2D eigenvalue weighted by Crippen LogP contribution is -2.54. The number of hydrogen-bond acceptors (Lipinski definition) is 12. The topological polar surface area (TPSA) is 169 Å². The summed E-state index contributed by atoms with van der Waals surface area (Å²) < 4.78 is 34.3. The van der Waals surface area contributed by atoms with Crippen LogP contribution in [0.4, 0.5) is 28.8 Å². The number of carbonyl (C=O) groups excluding carboxylic acids is 3. The molecule has 5 heterocycles. The molecule has 4 aliphatic rings. The van der Waals surface area contributed by atoms with Gasteiger partial charge in [-0.2, -0.15) is 9.29 Å². The number of para-hydroxylation sites is 1. The Kier molecular flexibility index (Phi) is 13.6. The minimum Gasteiger partial charge on any atom is -0.494 e. The van der Waals surface area contributed by atoms with E-state index in [0.29, 0.717) is 73.2 Å². The molecule has 1 aromatic heterocycles. The number of ether oxygens (including phenoxy) is 1. The number of piperazine rings is 1. The number of allylic oxidation sites excluding steroid dienone is 1. The maximum absolute atomic E-state index is 13.4. The number of nitrogens with one attached hydrogen (secondary N) is 3. The molecule has 18 heteroatoms. The Morgan fingerprint density at radius 1 is 0.937 bits per heavy atom. The van der Waals surface area contributed by atoms with Crippen molar-refractivity contribution in [1.29, 1.82) is 0 Å². The zero-order chi connectivity index (χ0) is 44.3. The van der Waals surface area contributed by atoms with Crippen LogP contribution in [-0.4, -0.2) is 128 Å². The van der Waals surface area contributed by atoms with Gasteiger partial charge >= 0.3 is 0 Å². The van der Waals surface area contributed by atoms with Crippen molar-refractivity contribution >= 4 is 87.5 Å². The third kappa shape index (κ3) is 10.0. The molecule has 4 aliphatic heterocycles. The first kappa shape index (κ1) is 44.5. The van der Waals surface area contributed by atoms with Crippen molar-refractivity contribution in [2.45, 2.75) is 50.7 Å². The van der Waals surface area contributed by atoms with Gasteiger partial charge in [0.2, 0.25) is 27.8 Å². The number of halogens is 1. The number of amides is 3. The zero-order valence-electron chi connectivity index (χ0n) is 35.7. The molecule has 0 radical (unpaired) electrons. The average Bonchev–Trinajstić information content (AvgIpc) is 3.62. The van der Waals surface area contributed by atoms with Crippen molar-refractivity contribution < 1.29 is 27.5 Å². The predicted molar refractivity (Wildman–Crippen MR) is 250 cm³/mol. The highest BCUT2D eigenvalue weighted by molar-refractivity contribution is 7.89. The van der Waals surface area contributed by atoms with Crippen LogP contribution in [0.2, 0.25) is 5.02 Å². The highest BCUT2D eigenvalue weighted by Gasteiger charge is 2.39. The summed E-state index contributed by atoms with van der Waals surface area (Å²) in [7, 11) is -2.15. The van der Waals surface area contributed by atoms with Crippen LogP contribution in [0.1, 0.15) is 53.6 Å². The number of sulfonamides is 1. The third-order valence-electron chi connectivity index (χ3n) is 12.3. The summed E-state index contributed by atoms with van der Waals surface area (Å²) in [5.74, 6) is 0.554. The van der Waals surface area contributed by atoms with Crippen LogP contribution >= 0.6 is 19.5 Å². The molecule has 0 saturated carbocycles. The molecule has 0 bridgehead atoms. The molecule has 332 valence electrons. The largest absolute Gasteiger partial charge is 0.494 e. The van der Waals surface area contributed by atoms with Gasteiger partial charge in [0.25, 0.3) is 5.91 Å². The van der Waals surface area contributed by atoms with Crippen molar-refractivity contribution in [3.8, 4) is 5.75 Å². The molecular formula is C45H53ClN9O6PS. The van der Waals surface area contributed by atoms with E-state index in [1.807, 2.05) is 48.6 Å². The van der Waals surface area contributed by atoms with Crippen LogP contribution in [0.15, 0.2) is 72.9 Å². The van der Waals surface area contributed by atoms with Gasteiger partial charge in [-0.15, -0.1) is 0 Å². The van der Waals surface area contributed by atoms with Gasteiger partial charge in [0.15, 0.2) is 5.82 Å². The molecule has 63 heavy (non-hydrogen) atoms. The van der Waals surface area contributed by atoms with Crippen molar-refractivity contribution in [2.24, 2.45) is 0 Å². The summed E-state index contributed by atoms with van der Waals surface area (Å²) in [6.07, 6.45) is 8.04. The van der Waals surface area contributed by atoms with Crippen LogP contribution < -0.4 is 30.9 Å². The Balaban J connectivity index is 0.801. The lowest BCUT2D eigenvalue weighted by Gasteiger charge is -2.43. The third-order valence-corrected chi connectivity index (χ3v) is 15.8. The molecule has 3 N–H and O–H groups in total. The molecule has 8 rings (SSSR count). The first-order valence-corrected chi connectivity index (χ1v) is 25.5.